The summed E-state index contributed by atoms with van der Waals surface area (Å²) < 4.78 is 10.8. The maximum atomic E-state index is 6.36. The van der Waals surface area contributed by atoms with Crippen LogP contribution in [0.15, 0.2) is 79.1 Å². The molecule has 7 rings (SSSR count). The molecule has 2 atom stereocenters. The first-order valence-electron chi connectivity index (χ1n) is 12.4. The van der Waals surface area contributed by atoms with Crippen molar-refractivity contribution in [1.29, 1.82) is 0 Å². The highest BCUT2D eigenvalue weighted by Gasteiger charge is 2.43. The summed E-state index contributed by atoms with van der Waals surface area (Å²) in [6.07, 6.45) is 3.26. The number of hydrogen-bond donors (Lipinski definition) is 0. The van der Waals surface area contributed by atoms with Crippen LogP contribution in [0.1, 0.15) is 39.7 Å². The van der Waals surface area contributed by atoms with Crippen LogP contribution in [0.2, 0.25) is 0 Å². The second kappa shape index (κ2) is 7.62. The zero-order valence-electron chi connectivity index (χ0n) is 20.3. The number of aryl methyl sites for hydroxylation is 3. The van der Waals surface area contributed by atoms with Crippen LogP contribution in [0.4, 0.5) is 0 Å². The van der Waals surface area contributed by atoms with E-state index in [0.717, 1.165) is 17.9 Å². The van der Waals surface area contributed by atoms with Gasteiger partial charge in [0, 0.05) is 11.5 Å². The molecule has 1 aromatic heterocycles. The number of nitrogens with zero attached hydrogens (tertiary/aromatic N) is 3. The van der Waals surface area contributed by atoms with Gasteiger partial charge in [0.05, 0.1) is 0 Å². The topological polar surface area (TPSA) is 30.9 Å². The fourth-order valence-corrected chi connectivity index (χ4v) is 6.25. The number of benzene rings is 4. The fourth-order valence-electron chi connectivity index (χ4n) is 6.25. The lowest BCUT2D eigenvalue weighted by Gasteiger charge is -2.23. The van der Waals surface area contributed by atoms with Gasteiger partial charge in [0.25, 0.3) is 0 Å². The van der Waals surface area contributed by atoms with Gasteiger partial charge in [-0.25, -0.2) is 4.57 Å². The van der Waals surface area contributed by atoms with Crippen LogP contribution in [-0.2, 0) is 17.8 Å². The minimum atomic E-state index is 0.142. The lowest BCUT2D eigenvalue weighted by Crippen LogP contribution is -2.51. The van der Waals surface area contributed by atoms with E-state index in [1.807, 2.05) is 0 Å². The van der Waals surface area contributed by atoms with Crippen molar-refractivity contribution < 1.29 is 9.30 Å². The lowest BCUT2D eigenvalue weighted by atomic mass is 9.95. The summed E-state index contributed by atoms with van der Waals surface area (Å²) in [5.41, 5.74) is 10.2. The molecule has 1 aliphatic carbocycles. The van der Waals surface area contributed by atoms with E-state index in [0.29, 0.717) is 6.61 Å². The van der Waals surface area contributed by atoms with Crippen molar-refractivity contribution in [2.24, 2.45) is 0 Å². The van der Waals surface area contributed by atoms with Crippen LogP contribution in [0.5, 0.6) is 0 Å². The first-order chi connectivity index (χ1) is 17.1. The standard InChI is InChI=1S/C31H28N3O/c1-19-13-20(2)30(21(3)14-19)34-18-33-29(32-34)17-35-28-16-24-12-11-23(15-27(24)31(28)33)26-10-6-8-22-7-4-5-9-25(22)26/h4-15,18,28,31H,16-17H2,1-3H3/q+1/t28-,31+/m1/s1. The van der Waals surface area contributed by atoms with Crippen molar-refractivity contribution >= 4 is 10.8 Å². The van der Waals surface area contributed by atoms with E-state index in [-0.39, 0.29) is 12.1 Å². The van der Waals surface area contributed by atoms with Gasteiger partial charge >= 0.3 is 5.82 Å². The minimum Gasteiger partial charge on any atom is -0.363 e. The lowest BCUT2D eigenvalue weighted by molar-refractivity contribution is -0.739. The van der Waals surface area contributed by atoms with Crippen molar-refractivity contribution in [3.8, 4) is 16.8 Å². The third-order valence-corrected chi connectivity index (χ3v) is 7.68. The second-order valence-corrected chi connectivity index (χ2v) is 10.1. The SMILES string of the molecule is Cc1cc(C)c(-n2c[n+]3c(n2)CO[C@@H]2Cc4ccc(-c5cccc6ccccc56)cc4[C@@H]23)c(C)c1. The molecule has 4 aromatic carbocycles. The quantitative estimate of drug-likeness (QED) is 0.306. The summed E-state index contributed by atoms with van der Waals surface area (Å²) in [5, 5.41) is 7.54. The Hall–Kier alpha value is -3.76. The van der Waals surface area contributed by atoms with E-state index >= 15 is 0 Å². The average molecular weight is 459 g/mol. The van der Waals surface area contributed by atoms with E-state index < -0.39 is 0 Å². The molecule has 0 fully saturated rings. The van der Waals surface area contributed by atoms with Crippen molar-refractivity contribution in [3.05, 3.63) is 113 Å². The molecule has 0 bridgehead atoms. The summed E-state index contributed by atoms with van der Waals surface area (Å²) in [6.45, 7) is 7.03. The molecule has 2 heterocycles. The summed E-state index contributed by atoms with van der Waals surface area (Å²) in [6, 6.07) is 26.7. The molecule has 0 unspecified atom stereocenters. The van der Waals surface area contributed by atoms with Crippen LogP contribution in [0.3, 0.4) is 0 Å². The molecule has 0 radical (unpaired) electrons. The maximum absolute atomic E-state index is 6.36. The Morgan fingerprint density at radius 3 is 2.57 bits per heavy atom. The van der Waals surface area contributed by atoms with Gasteiger partial charge in [-0.3, -0.25) is 0 Å². The van der Waals surface area contributed by atoms with Crippen molar-refractivity contribution in [3.63, 3.8) is 0 Å². The monoisotopic (exact) mass is 458 g/mol. The molecule has 0 N–H and O–H groups in total. The van der Waals surface area contributed by atoms with Crippen molar-refractivity contribution in [2.75, 3.05) is 0 Å². The van der Waals surface area contributed by atoms with Gasteiger partial charge in [0.15, 0.2) is 0 Å². The van der Waals surface area contributed by atoms with E-state index in [4.69, 9.17) is 9.84 Å². The molecule has 4 heteroatoms. The Labute approximate surface area is 205 Å². The van der Waals surface area contributed by atoms with Gasteiger partial charge in [-0.1, -0.05) is 77.0 Å². The second-order valence-electron chi connectivity index (χ2n) is 10.1. The molecule has 2 aliphatic rings. The third-order valence-electron chi connectivity index (χ3n) is 7.68. The molecule has 0 saturated heterocycles. The summed E-state index contributed by atoms with van der Waals surface area (Å²) >= 11 is 0. The smallest absolute Gasteiger partial charge is 0.304 e. The number of aromatic nitrogens is 3. The third kappa shape index (κ3) is 3.17. The molecular formula is C31H28N3O+. The summed E-state index contributed by atoms with van der Waals surface area (Å²) in [4.78, 5) is 0. The van der Waals surface area contributed by atoms with E-state index in [1.165, 1.54) is 49.7 Å². The van der Waals surface area contributed by atoms with E-state index in [2.05, 4.69) is 109 Å². The van der Waals surface area contributed by atoms with Crippen molar-refractivity contribution in [1.82, 2.24) is 9.78 Å². The highest BCUT2D eigenvalue weighted by atomic mass is 16.5. The Morgan fingerprint density at radius 2 is 1.71 bits per heavy atom. The molecule has 4 nitrogen and oxygen atoms in total. The zero-order chi connectivity index (χ0) is 23.7. The molecule has 172 valence electrons. The Kier molecular flexibility index (Phi) is 4.49. The molecule has 0 spiro atoms. The molecule has 5 aromatic rings. The van der Waals surface area contributed by atoms with Gasteiger partial charge in [-0.2, -0.15) is 0 Å². The van der Waals surface area contributed by atoms with Crippen LogP contribution in [0.25, 0.3) is 27.6 Å². The van der Waals surface area contributed by atoms with Gasteiger partial charge in [-0.05, 0) is 71.0 Å². The largest absolute Gasteiger partial charge is 0.363 e. The first kappa shape index (κ1) is 20.6. The predicted octanol–water partition coefficient (Wildman–Crippen LogP) is 5.95. The Balaban J connectivity index is 1.35. The highest BCUT2D eigenvalue weighted by molar-refractivity contribution is 5.96. The van der Waals surface area contributed by atoms with Crippen LogP contribution >= 0.6 is 0 Å². The van der Waals surface area contributed by atoms with Gasteiger partial charge in [-0.15, -0.1) is 0 Å². The first-order valence-corrected chi connectivity index (χ1v) is 12.4. The van der Waals surface area contributed by atoms with Gasteiger partial charge in [0.2, 0.25) is 6.33 Å². The van der Waals surface area contributed by atoms with E-state index in [9.17, 15) is 0 Å². The number of rotatable bonds is 2. The summed E-state index contributed by atoms with van der Waals surface area (Å²) in [5.74, 6) is 0.981. The minimum absolute atomic E-state index is 0.142. The molecule has 0 saturated carbocycles. The number of hydrogen-bond acceptors (Lipinski definition) is 2. The highest BCUT2D eigenvalue weighted by Crippen LogP contribution is 2.39. The summed E-state index contributed by atoms with van der Waals surface area (Å²) in [7, 11) is 0. The van der Waals surface area contributed by atoms with E-state index in [1.54, 1.807) is 0 Å². The predicted molar refractivity (Wildman–Crippen MR) is 138 cm³/mol. The molecule has 1 aliphatic heterocycles. The Bertz CT molecular complexity index is 1600. The Morgan fingerprint density at radius 1 is 0.914 bits per heavy atom. The number of ether oxygens (including phenoxy) is 1. The van der Waals surface area contributed by atoms with Gasteiger partial charge < -0.3 is 4.74 Å². The molecule has 0 amide bonds. The van der Waals surface area contributed by atoms with Gasteiger partial charge in [0.1, 0.15) is 24.4 Å². The van der Waals surface area contributed by atoms with Crippen LogP contribution in [-0.4, -0.2) is 15.9 Å². The molecule has 35 heavy (non-hydrogen) atoms. The van der Waals surface area contributed by atoms with Crippen LogP contribution < -0.4 is 4.57 Å². The van der Waals surface area contributed by atoms with Crippen molar-refractivity contribution in [2.45, 2.75) is 45.9 Å². The number of fused-ring (bicyclic) bond motifs is 6. The van der Waals surface area contributed by atoms with Crippen LogP contribution in [0, 0.1) is 20.8 Å². The normalized spacial score (nSPS) is 18.4. The molecular weight excluding hydrogens is 430 g/mol. The zero-order valence-corrected chi connectivity index (χ0v) is 20.3. The maximum Gasteiger partial charge on any atom is 0.304 e. The average Bonchev–Trinajstić information content (AvgIpc) is 3.43. The fraction of sp³-hybridized carbons (Fsp3) is 0.226.